The van der Waals surface area contributed by atoms with Crippen LogP contribution >= 0.6 is 0 Å². The lowest BCUT2D eigenvalue weighted by atomic mass is 10.1. The average Bonchev–Trinajstić information content (AvgIpc) is 2.72. The zero-order valence-corrected chi connectivity index (χ0v) is 13.8. The van der Waals surface area contributed by atoms with Crippen molar-refractivity contribution >= 4 is 16.9 Å². The van der Waals surface area contributed by atoms with Crippen molar-refractivity contribution in [2.24, 2.45) is 0 Å². The lowest BCUT2D eigenvalue weighted by Crippen LogP contribution is -2.24. The predicted molar refractivity (Wildman–Crippen MR) is 98.2 cm³/mol. The summed E-state index contributed by atoms with van der Waals surface area (Å²) >= 11 is 0. The number of nitrogens with zero attached hydrogens (tertiary/aromatic N) is 4. The molecular formula is C20H15N5O. The molecule has 0 aliphatic carbocycles. The zero-order chi connectivity index (χ0) is 17.8. The average molecular weight is 341 g/mol. The van der Waals surface area contributed by atoms with Crippen molar-refractivity contribution in [3.05, 3.63) is 84.6 Å². The van der Waals surface area contributed by atoms with Crippen LogP contribution in [0.4, 0.5) is 0 Å². The molecule has 3 aromatic heterocycles. The van der Waals surface area contributed by atoms with Crippen molar-refractivity contribution in [1.29, 1.82) is 0 Å². The number of benzene rings is 1. The summed E-state index contributed by atoms with van der Waals surface area (Å²) in [5.74, 6) is -0.264. The smallest absolute Gasteiger partial charge is 0.271 e. The molecule has 0 saturated heterocycles. The molecule has 26 heavy (non-hydrogen) atoms. The maximum absolute atomic E-state index is 12.3. The van der Waals surface area contributed by atoms with E-state index in [-0.39, 0.29) is 5.91 Å². The van der Waals surface area contributed by atoms with E-state index >= 15 is 0 Å². The Kier molecular flexibility index (Phi) is 4.30. The number of para-hydroxylation sites is 2. The van der Waals surface area contributed by atoms with E-state index in [2.05, 4.69) is 25.3 Å². The number of fused-ring (bicyclic) bond motifs is 1. The molecule has 0 saturated carbocycles. The second-order valence-electron chi connectivity index (χ2n) is 5.72. The molecule has 0 unspecified atom stereocenters. The third-order valence-corrected chi connectivity index (χ3v) is 3.92. The van der Waals surface area contributed by atoms with Gasteiger partial charge in [-0.2, -0.15) is 0 Å². The number of carbonyl (C=O) groups is 1. The molecule has 4 rings (SSSR count). The Morgan fingerprint density at radius 3 is 2.54 bits per heavy atom. The Hall–Kier alpha value is -3.67. The van der Waals surface area contributed by atoms with Gasteiger partial charge in [0.2, 0.25) is 0 Å². The van der Waals surface area contributed by atoms with Crippen LogP contribution in [-0.2, 0) is 6.54 Å². The van der Waals surface area contributed by atoms with Crippen LogP contribution in [0.3, 0.4) is 0 Å². The van der Waals surface area contributed by atoms with Crippen molar-refractivity contribution in [3.63, 3.8) is 0 Å². The maximum atomic E-state index is 12.3. The van der Waals surface area contributed by atoms with E-state index in [1.54, 1.807) is 18.6 Å². The van der Waals surface area contributed by atoms with E-state index in [0.717, 1.165) is 22.3 Å². The van der Waals surface area contributed by atoms with E-state index in [0.29, 0.717) is 17.8 Å². The first kappa shape index (κ1) is 15.8. The van der Waals surface area contributed by atoms with Crippen LogP contribution in [0, 0.1) is 0 Å². The molecule has 0 spiro atoms. The molecule has 3 heterocycles. The Balaban J connectivity index is 1.43. The first-order valence-electron chi connectivity index (χ1n) is 8.15. The van der Waals surface area contributed by atoms with E-state index in [9.17, 15) is 4.79 Å². The molecule has 1 amide bonds. The number of pyridine rings is 2. The van der Waals surface area contributed by atoms with Gasteiger partial charge in [0.05, 0.1) is 22.9 Å². The molecular weight excluding hydrogens is 326 g/mol. The largest absolute Gasteiger partial charge is 0.347 e. The summed E-state index contributed by atoms with van der Waals surface area (Å²) in [6, 6.07) is 15.1. The molecule has 0 bridgehead atoms. The van der Waals surface area contributed by atoms with Gasteiger partial charge in [-0.25, -0.2) is 4.98 Å². The van der Waals surface area contributed by atoms with Crippen LogP contribution in [-0.4, -0.2) is 25.8 Å². The van der Waals surface area contributed by atoms with Gasteiger partial charge in [-0.1, -0.05) is 18.2 Å². The van der Waals surface area contributed by atoms with E-state index < -0.39 is 0 Å². The number of hydrogen-bond acceptors (Lipinski definition) is 5. The molecule has 1 aromatic carbocycles. The Labute approximate surface area is 150 Å². The van der Waals surface area contributed by atoms with Crippen molar-refractivity contribution in [1.82, 2.24) is 25.3 Å². The molecule has 0 aliphatic heterocycles. The van der Waals surface area contributed by atoms with Crippen molar-refractivity contribution < 1.29 is 4.79 Å². The molecule has 6 nitrogen and oxygen atoms in total. The van der Waals surface area contributed by atoms with Crippen LogP contribution in [0.15, 0.2) is 73.3 Å². The third kappa shape index (κ3) is 3.39. The number of amides is 1. The zero-order valence-electron chi connectivity index (χ0n) is 13.8. The number of nitrogens with one attached hydrogen (secondary N) is 1. The summed E-state index contributed by atoms with van der Waals surface area (Å²) in [4.78, 5) is 29.4. The molecule has 0 radical (unpaired) electrons. The summed E-state index contributed by atoms with van der Waals surface area (Å²) in [5.41, 5.74) is 4.45. The highest BCUT2D eigenvalue weighted by atomic mass is 16.1. The highest BCUT2D eigenvalue weighted by molar-refractivity contribution is 5.93. The van der Waals surface area contributed by atoms with Crippen molar-refractivity contribution in [2.45, 2.75) is 6.54 Å². The topological polar surface area (TPSA) is 80.7 Å². The summed E-state index contributed by atoms with van der Waals surface area (Å²) in [6.45, 7) is 0.369. The second-order valence-corrected chi connectivity index (χ2v) is 5.72. The quantitative estimate of drug-likeness (QED) is 0.617. The van der Waals surface area contributed by atoms with E-state index in [1.165, 1.54) is 6.20 Å². The molecule has 0 fully saturated rings. The van der Waals surface area contributed by atoms with Crippen LogP contribution in [0.1, 0.15) is 16.1 Å². The maximum Gasteiger partial charge on any atom is 0.271 e. The third-order valence-electron chi connectivity index (χ3n) is 3.92. The molecule has 6 heteroatoms. The van der Waals surface area contributed by atoms with E-state index in [1.807, 2.05) is 48.5 Å². The van der Waals surface area contributed by atoms with Crippen LogP contribution in [0.5, 0.6) is 0 Å². The summed E-state index contributed by atoms with van der Waals surface area (Å²) in [5, 5.41) is 2.85. The molecule has 0 aliphatic rings. The van der Waals surface area contributed by atoms with Crippen LogP contribution in [0.2, 0.25) is 0 Å². The number of carbonyl (C=O) groups excluding carboxylic acids is 1. The number of rotatable bonds is 4. The summed E-state index contributed by atoms with van der Waals surface area (Å²) < 4.78 is 0. The monoisotopic (exact) mass is 341 g/mol. The number of hydrogen-bond donors (Lipinski definition) is 1. The van der Waals surface area contributed by atoms with E-state index in [4.69, 9.17) is 0 Å². The molecule has 4 aromatic rings. The fourth-order valence-corrected chi connectivity index (χ4v) is 2.55. The lowest BCUT2D eigenvalue weighted by Gasteiger charge is -2.06. The Morgan fingerprint density at radius 1 is 0.885 bits per heavy atom. The summed E-state index contributed by atoms with van der Waals surface area (Å²) in [7, 11) is 0. The minimum Gasteiger partial charge on any atom is -0.347 e. The Morgan fingerprint density at radius 2 is 1.77 bits per heavy atom. The normalized spacial score (nSPS) is 10.6. The van der Waals surface area contributed by atoms with Gasteiger partial charge in [0, 0.05) is 30.7 Å². The molecule has 1 N–H and O–H groups in total. The van der Waals surface area contributed by atoms with Gasteiger partial charge in [-0.15, -0.1) is 0 Å². The fraction of sp³-hybridized carbons (Fsp3) is 0.0500. The summed E-state index contributed by atoms with van der Waals surface area (Å²) in [6.07, 6.45) is 6.72. The second kappa shape index (κ2) is 7.06. The molecule has 126 valence electrons. The number of aromatic nitrogens is 4. The van der Waals surface area contributed by atoms with Crippen LogP contribution in [0.25, 0.3) is 22.3 Å². The SMILES string of the molecule is O=C(NCc1ccc(-c2cccnc2)nc1)c1cnc2ccccc2n1. The van der Waals surface area contributed by atoms with Crippen molar-refractivity contribution in [2.75, 3.05) is 0 Å². The predicted octanol–water partition coefficient (Wildman–Crippen LogP) is 3.02. The highest BCUT2D eigenvalue weighted by Crippen LogP contribution is 2.15. The van der Waals surface area contributed by atoms with Gasteiger partial charge >= 0.3 is 0 Å². The highest BCUT2D eigenvalue weighted by Gasteiger charge is 2.09. The van der Waals surface area contributed by atoms with Crippen molar-refractivity contribution in [3.8, 4) is 11.3 Å². The van der Waals surface area contributed by atoms with Gasteiger partial charge in [-0.3, -0.25) is 19.7 Å². The van der Waals surface area contributed by atoms with Gasteiger partial charge < -0.3 is 5.32 Å². The first-order valence-corrected chi connectivity index (χ1v) is 8.15. The molecule has 0 atom stereocenters. The van der Waals surface area contributed by atoms with Crippen LogP contribution < -0.4 is 5.32 Å². The minimum atomic E-state index is -0.264. The lowest BCUT2D eigenvalue weighted by molar-refractivity contribution is 0.0946. The fourth-order valence-electron chi connectivity index (χ4n) is 2.55. The van der Waals surface area contributed by atoms with Gasteiger partial charge in [0.15, 0.2) is 0 Å². The first-order chi connectivity index (χ1) is 12.8. The van der Waals surface area contributed by atoms with Gasteiger partial charge in [0.25, 0.3) is 5.91 Å². The van der Waals surface area contributed by atoms with Gasteiger partial charge in [0.1, 0.15) is 5.69 Å². The minimum absolute atomic E-state index is 0.264. The van der Waals surface area contributed by atoms with Gasteiger partial charge in [-0.05, 0) is 35.9 Å². The standard InChI is InChI=1S/C20H15N5O/c26-20(19-13-23-17-5-1-2-6-18(17)25-19)24-11-14-7-8-16(22-10-14)15-4-3-9-21-12-15/h1-10,12-13H,11H2,(H,24,26). The Bertz CT molecular complexity index is 1050.